The number of carbonyl (C=O) groups excluding carboxylic acids is 1. The molecular weight excluding hydrogens is 284 g/mol. The van der Waals surface area contributed by atoms with Crippen molar-refractivity contribution in [1.29, 1.82) is 0 Å². The summed E-state index contributed by atoms with van der Waals surface area (Å²) >= 11 is 1.67. The van der Waals surface area contributed by atoms with Gasteiger partial charge >= 0.3 is 6.03 Å². The molecule has 21 heavy (non-hydrogen) atoms. The lowest BCUT2D eigenvalue weighted by Crippen LogP contribution is -2.43. The average Bonchev–Trinajstić information content (AvgIpc) is 2.42. The quantitative estimate of drug-likeness (QED) is 0.733. The van der Waals surface area contributed by atoms with Crippen LogP contribution in [0.2, 0.25) is 0 Å². The molecule has 0 heterocycles. The highest BCUT2D eigenvalue weighted by molar-refractivity contribution is 7.98. The Balaban J connectivity index is 2.47. The standard InChI is InChI=1S/C16H26N2O2S/c1-11-6-7-12(13(8-11)21-5)9-17-15(20)18-10-14(19)16(2,3)4/h6-8,14,19H,9-10H2,1-5H3,(H2,17,18,20). The zero-order valence-corrected chi connectivity index (χ0v) is 14.3. The zero-order valence-electron chi connectivity index (χ0n) is 13.5. The molecule has 0 saturated heterocycles. The minimum Gasteiger partial charge on any atom is -0.391 e. The van der Waals surface area contributed by atoms with E-state index in [2.05, 4.69) is 23.6 Å². The predicted molar refractivity (Wildman–Crippen MR) is 88.7 cm³/mol. The number of thioether (sulfide) groups is 1. The van der Waals surface area contributed by atoms with Gasteiger partial charge in [-0.15, -0.1) is 11.8 Å². The molecular formula is C16H26N2O2S. The first-order chi connectivity index (χ1) is 9.74. The molecule has 2 amide bonds. The fourth-order valence-corrected chi connectivity index (χ4v) is 2.44. The summed E-state index contributed by atoms with van der Waals surface area (Å²) in [5.41, 5.74) is 2.07. The zero-order chi connectivity index (χ0) is 16.0. The van der Waals surface area contributed by atoms with Gasteiger partial charge in [0.1, 0.15) is 0 Å². The van der Waals surface area contributed by atoms with Crippen LogP contribution in [0.15, 0.2) is 23.1 Å². The van der Waals surface area contributed by atoms with Gasteiger partial charge in [-0.25, -0.2) is 4.79 Å². The van der Waals surface area contributed by atoms with Crippen molar-refractivity contribution < 1.29 is 9.90 Å². The van der Waals surface area contributed by atoms with E-state index in [-0.39, 0.29) is 18.0 Å². The van der Waals surface area contributed by atoms with Crippen molar-refractivity contribution in [2.75, 3.05) is 12.8 Å². The predicted octanol–water partition coefficient (Wildman–Crippen LogP) is 2.92. The fraction of sp³-hybridized carbons (Fsp3) is 0.562. The Hall–Kier alpha value is -1.20. The Kier molecular flexibility index (Phi) is 6.55. The highest BCUT2D eigenvalue weighted by Crippen LogP contribution is 2.21. The first-order valence-corrected chi connectivity index (χ1v) is 8.30. The summed E-state index contributed by atoms with van der Waals surface area (Å²) in [5.74, 6) is 0. The van der Waals surface area contributed by atoms with E-state index < -0.39 is 6.10 Å². The van der Waals surface area contributed by atoms with Crippen LogP contribution in [0.25, 0.3) is 0 Å². The number of aryl methyl sites for hydroxylation is 1. The van der Waals surface area contributed by atoms with Crippen LogP contribution >= 0.6 is 11.8 Å². The molecule has 0 aromatic heterocycles. The van der Waals surface area contributed by atoms with Crippen LogP contribution in [0.4, 0.5) is 4.79 Å². The number of rotatable bonds is 5. The van der Waals surface area contributed by atoms with E-state index in [0.717, 1.165) is 5.56 Å². The van der Waals surface area contributed by atoms with Gasteiger partial charge in [0.15, 0.2) is 0 Å². The molecule has 1 atom stereocenters. The monoisotopic (exact) mass is 310 g/mol. The molecule has 118 valence electrons. The second-order valence-corrected chi connectivity index (χ2v) is 7.11. The molecule has 1 aromatic carbocycles. The van der Waals surface area contributed by atoms with Gasteiger partial charge in [0.2, 0.25) is 0 Å². The average molecular weight is 310 g/mol. The van der Waals surface area contributed by atoms with Crippen LogP contribution in [0, 0.1) is 12.3 Å². The van der Waals surface area contributed by atoms with E-state index in [1.807, 2.05) is 39.2 Å². The van der Waals surface area contributed by atoms with Crippen LogP contribution < -0.4 is 10.6 Å². The van der Waals surface area contributed by atoms with Gasteiger partial charge in [-0.3, -0.25) is 0 Å². The number of carbonyl (C=O) groups is 1. The number of urea groups is 1. The van der Waals surface area contributed by atoms with Crippen molar-refractivity contribution in [2.45, 2.75) is 45.2 Å². The minimum absolute atomic E-state index is 0.240. The third kappa shape index (κ3) is 5.98. The first-order valence-electron chi connectivity index (χ1n) is 7.07. The normalized spacial score (nSPS) is 12.9. The maximum absolute atomic E-state index is 11.8. The number of aliphatic hydroxyl groups excluding tert-OH is 1. The van der Waals surface area contributed by atoms with Crippen molar-refractivity contribution in [3.63, 3.8) is 0 Å². The second kappa shape index (κ2) is 7.71. The molecule has 1 aromatic rings. The molecule has 0 spiro atoms. The molecule has 0 radical (unpaired) electrons. The molecule has 5 heteroatoms. The van der Waals surface area contributed by atoms with Crippen LogP contribution in [0.1, 0.15) is 31.9 Å². The molecule has 4 nitrogen and oxygen atoms in total. The van der Waals surface area contributed by atoms with Gasteiger partial charge < -0.3 is 15.7 Å². The van der Waals surface area contributed by atoms with Gasteiger partial charge in [0, 0.05) is 18.0 Å². The molecule has 1 unspecified atom stereocenters. The van der Waals surface area contributed by atoms with E-state index in [4.69, 9.17) is 0 Å². The maximum atomic E-state index is 11.8. The summed E-state index contributed by atoms with van der Waals surface area (Å²) in [4.78, 5) is 12.9. The molecule has 0 aliphatic heterocycles. The largest absolute Gasteiger partial charge is 0.391 e. The Morgan fingerprint density at radius 1 is 1.33 bits per heavy atom. The topological polar surface area (TPSA) is 61.4 Å². The molecule has 0 aliphatic carbocycles. The van der Waals surface area contributed by atoms with Crippen LogP contribution in [-0.4, -0.2) is 30.0 Å². The Morgan fingerprint density at radius 2 is 2.00 bits per heavy atom. The summed E-state index contributed by atoms with van der Waals surface area (Å²) in [7, 11) is 0. The Bertz CT molecular complexity index is 484. The van der Waals surface area contributed by atoms with Crippen LogP contribution in [-0.2, 0) is 6.54 Å². The highest BCUT2D eigenvalue weighted by atomic mass is 32.2. The lowest BCUT2D eigenvalue weighted by Gasteiger charge is -2.25. The van der Waals surface area contributed by atoms with E-state index >= 15 is 0 Å². The molecule has 0 bridgehead atoms. The summed E-state index contributed by atoms with van der Waals surface area (Å²) in [6.07, 6.45) is 1.46. The van der Waals surface area contributed by atoms with E-state index in [9.17, 15) is 9.90 Å². The van der Waals surface area contributed by atoms with Crippen molar-refractivity contribution >= 4 is 17.8 Å². The number of hydrogen-bond acceptors (Lipinski definition) is 3. The fourth-order valence-electron chi connectivity index (χ4n) is 1.73. The summed E-state index contributed by atoms with van der Waals surface area (Å²) < 4.78 is 0. The molecule has 0 fully saturated rings. The Morgan fingerprint density at radius 3 is 2.57 bits per heavy atom. The second-order valence-electron chi connectivity index (χ2n) is 6.26. The van der Waals surface area contributed by atoms with Crippen molar-refractivity contribution in [3.05, 3.63) is 29.3 Å². The van der Waals surface area contributed by atoms with Gasteiger partial charge in [0.25, 0.3) is 0 Å². The third-order valence-corrected chi connectivity index (χ3v) is 4.16. The van der Waals surface area contributed by atoms with Crippen molar-refractivity contribution in [2.24, 2.45) is 5.41 Å². The number of amides is 2. The number of aliphatic hydroxyl groups is 1. The first kappa shape index (κ1) is 17.9. The lowest BCUT2D eigenvalue weighted by atomic mass is 9.89. The smallest absolute Gasteiger partial charge is 0.315 e. The summed E-state index contributed by atoms with van der Waals surface area (Å²) in [5, 5.41) is 15.4. The van der Waals surface area contributed by atoms with E-state index in [1.165, 1.54) is 10.5 Å². The molecule has 1 rings (SSSR count). The van der Waals surface area contributed by atoms with Gasteiger partial charge in [-0.05, 0) is 35.8 Å². The summed E-state index contributed by atoms with van der Waals surface area (Å²) in [6.45, 7) is 8.60. The SMILES string of the molecule is CSc1cc(C)ccc1CNC(=O)NCC(O)C(C)(C)C. The minimum atomic E-state index is -0.565. The van der Waals surface area contributed by atoms with E-state index in [1.54, 1.807) is 11.8 Å². The number of benzene rings is 1. The van der Waals surface area contributed by atoms with Crippen LogP contribution in [0.3, 0.4) is 0 Å². The van der Waals surface area contributed by atoms with Crippen molar-refractivity contribution in [1.82, 2.24) is 10.6 Å². The number of nitrogens with one attached hydrogen (secondary N) is 2. The summed E-state index contributed by atoms with van der Waals surface area (Å²) in [6, 6.07) is 5.93. The van der Waals surface area contributed by atoms with Crippen molar-refractivity contribution in [3.8, 4) is 0 Å². The van der Waals surface area contributed by atoms with Gasteiger partial charge in [-0.2, -0.15) is 0 Å². The van der Waals surface area contributed by atoms with Gasteiger partial charge in [-0.1, -0.05) is 32.9 Å². The molecule has 3 N–H and O–H groups in total. The lowest BCUT2D eigenvalue weighted by molar-refractivity contribution is 0.0650. The van der Waals surface area contributed by atoms with E-state index in [0.29, 0.717) is 6.54 Å². The van der Waals surface area contributed by atoms with Gasteiger partial charge in [0.05, 0.1) is 6.10 Å². The Labute approximate surface area is 131 Å². The third-order valence-electron chi connectivity index (χ3n) is 3.34. The molecule has 0 saturated carbocycles. The van der Waals surface area contributed by atoms with Crippen LogP contribution in [0.5, 0.6) is 0 Å². The maximum Gasteiger partial charge on any atom is 0.315 e. The highest BCUT2D eigenvalue weighted by Gasteiger charge is 2.22. The number of hydrogen-bond donors (Lipinski definition) is 3. The molecule has 0 aliphatic rings.